The summed E-state index contributed by atoms with van der Waals surface area (Å²) in [4.78, 5) is 10.2. The number of benzene rings is 1. The molecular formula is C8H10O2Pb. The summed E-state index contributed by atoms with van der Waals surface area (Å²) in [7, 11) is 1.59. The molecule has 3 heteroatoms. The van der Waals surface area contributed by atoms with Gasteiger partial charge in [-0.3, -0.25) is 4.79 Å². The summed E-state index contributed by atoms with van der Waals surface area (Å²) >= 11 is 0. The van der Waals surface area contributed by atoms with E-state index in [4.69, 9.17) is 4.74 Å². The second kappa shape index (κ2) is 5.29. The minimum absolute atomic E-state index is 0. The zero-order chi connectivity index (χ0) is 7.40. The van der Waals surface area contributed by atoms with Crippen molar-refractivity contribution in [2.75, 3.05) is 7.11 Å². The summed E-state index contributed by atoms with van der Waals surface area (Å²) in [6.45, 7) is 0. The van der Waals surface area contributed by atoms with Crippen molar-refractivity contribution in [3.63, 3.8) is 0 Å². The molecule has 0 atom stereocenters. The van der Waals surface area contributed by atoms with Crippen LogP contribution < -0.4 is 4.74 Å². The van der Waals surface area contributed by atoms with Gasteiger partial charge in [-0.05, 0) is 24.3 Å². The molecule has 0 aromatic heterocycles. The van der Waals surface area contributed by atoms with Gasteiger partial charge >= 0.3 is 27.3 Å². The maximum absolute atomic E-state index is 10.2. The van der Waals surface area contributed by atoms with E-state index < -0.39 is 0 Å². The maximum atomic E-state index is 10.2. The fourth-order valence-corrected chi connectivity index (χ4v) is 0.682. The first-order valence-corrected chi connectivity index (χ1v) is 2.96. The van der Waals surface area contributed by atoms with E-state index in [0.717, 1.165) is 12.0 Å². The number of hydrogen-bond donors (Lipinski definition) is 0. The Morgan fingerprint density at radius 2 is 1.82 bits per heavy atom. The molecule has 0 aliphatic heterocycles. The second-order valence-corrected chi connectivity index (χ2v) is 1.89. The molecule has 0 aliphatic rings. The zero-order valence-corrected chi connectivity index (χ0v) is 11.9. The molecule has 0 bridgehead atoms. The van der Waals surface area contributed by atoms with Crippen LogP contribution in [-0.4, -0.2) is 40.7 Å². The molecule has 0 amide bonds. The van der Waals surface area contributed by atoms with Crippen LogP contribution in [0.1, 0.15) is 10.4 Å². The summed E-state index contributed by atoms with van der Waals surface area (Å²) in [6.07, 6.45) is 0.805. The van der Waals surface area contributed by atoms with Gasteiger partial charge in [0.1, 0.15) is 12.0 Å². The van der Waals surface area contributed by atoms with Gasteiger partial charge in [-0.1, -0.05) is 0 Å². The molecule has 2 radical (unpaired) electrons. The van der Waals surface area contributed by atoms with Crippen LogP contribution in [0.2, 0.25) is 0 Å². The first kappa shape index (κ1) is 10.6. The zero-order valence-electron chi connectivity index (χ0n) is 6.41. The van der Waals surface area contributed by atoms with Crippen LogP contribution in [0.4, 0.5) is 0 Å². The fourth-order valence-electron chi connectivity index (χ4n) is 0.682. The molecule has 0 saturated heterocycles. The van der Waals surface area contributed by atoms with Crippen LogP contribution in [0.3, 0.4) is 0 Å². The van der Waals surface area contributed by atoms with Gasteiger partial charge < -0.3 is 4.74 Å². The topological polar surface area (TPSA) is 26.3 Å². The number of carbonyl (C=O) groups is 1. The monoisotopic (exact) mass is 346 g/mol. The predicted octanol–water partition coefficient (Wildman–Crippen LogP) is 0.591. The van der Waals surface area contributed by atoms with Gasteiger partial charge in [-0.25, -0.2) is 0 Å². The molecule has 0 fully saturated rings. The van der Waals surface area contributed by atoms with Crippen molar-refractivity contribution in [3.8, 4) is 5.75 Å². The van der Waals surface area contributed by atoms with E-state index in [1.165, 1.54) is 0 Å². The van der Waals surface area contributed by atoms with Gasteiger partial charge in [0.2, 0.25) is 0 Å². The summed E-state index contributed by atoms with van der Waals surface area (Å²) in [5.74, 6) is 0.769. The predicted molar refractivity (Wildman–Crippen MR) is 46.9 cm³/mol. The van der Waals surface area contributed by atoms with E-state index >= 15 is 0 Å². The molecule has 0 heterocycles. The molecule has 0 N–H and O–H groups in total. The summed E-state index contributed by atoms with van der Waals surface area (Å²) in [6, 6.07) is 6.94. The second-order valence-electron chi connectivity index (χ2n) is 1.89. The molecule has 0 spiro atoms. The molecule has 1 rings (SSSR count). The Bertz CT molecular complexity index is 218. The van der Waals surface area contributed by atoms with E-state index in [1.54, 1.807) is 31.4 Å². The van der Waals surface area contributed by atoms with Crippen molar-refractivity contribution in [2.24, 2.45) is 0 Å². The van der Waals surface area contributed by atoms with E-state index in [2.05, 4.69) is 0 Å². The van der Waals surface area contributed by atoms with Crippen molar-refractivity contribution in [2.45, 2.75) is 0 Å². The first-order chi connectivity index (χ1) is 4.86. The molecule has 2 nitrogen and oxygen atoms in total. The van der Waals surface area contributed by atoms with Gasteiger partial charge in [0.15, 0.2) is 0 Å². The first-order valence-electron chi connectivity index (χ1n) is 2.96. The normalized spacial score (nSPS) is 8.09. The molecule has 1 aromatic carbocycles. The Hall–Kier alpha value is -0.388. The van der Waals surface area contributed by atoms with Crippen LogP contribution in [0.5, 0.6) is 5.75 Å². The third-order valence-corrected chi connectivity index (χ3v) is 1.25. The van der Waals surface area contributed by atoms with E-state index in [9.17, 15) is 4.79 Å². The van der Waals surface area contributed by atoms with Crippen molar-refractivity contribution in [3.05, 3.63) is 29.8 Å². The number of aldehydes is 1. The van der Waals surface area contributed by atoms with Crippen LogP contribution in [0.15, 0.2) is 24.3 Å². The van der Waals surface area contributed by atoms with E-state index in [-0.39, 0.29) is 27.3 Å². The molecule has 1 aromatic rings. The Kier molecular flexibility index (Phi) is 5.10. The number of rotatable bonds is 2. The quantitative estimate of drug-likeness (QED) is 0.579. The fraction of sp³-hybridized carbons (Fsp3) is 0.125. The van der Waals surface area contributed by atoms with Crippen molar-refractivity contribution in [1.82, 2.24) is 0 Å². The minimum atomic E-state index is 0. The molecule has 11 heavy (non-hydrogen) atoms. The van der Waals surface area contributed by atoms with Crippen molar-refractivity contribution >= 4 is 33.6 Å². The summed E-state index contributed by atoms with van der Waals surface area (Å²) in [5.41, 5.74) is 0.667. The molecule has 58 valence electrons. The number of carbonyl (C=O) groups excluding carboxylic acids is 1. The Morgan fingerprint density at radius 3 is 2.18 bits per heavy atom. The van der Waals surface area contributed by atoms with Crippen LogP contribution in [-0.2, 0) is 0 Å². The number of hydrogen-bond acceptors (Lipinski definition) is 2. The molecular weight excluding hydrogens is 335 g/mol. The van der Waals surface area contributed by atoms with Crippen LogP contribution in [0, 0.1) is 0 Å². The third-order valence-electron chi connectivity index (χ3n) is 1.25. The number of ether oxygens (including phenoxy) is 1. The molecule has 0 saturated carbocycles. The Morgan fingerprint density at radius 1 is 1.27 bits per heavy atom. The average molecular weight is 345 g/mol. The average Bonchev–Trinajstić information content (AvgIpc) is 2.05. The van der Waals surface area contributed by atoms with E-state index in [1.807, 2.05) is 0 Å². The van der Waals surface area contributed by atoms with Crippen molar-refractivity contribution < 1.29 is 9.53 Å². The van der Waals surface area contributed by atoms with Gasteiger partial charge in [0.05, 0.1) is 7.11 Å². The van der Waals surface area contributed by atoms with Gasteiger partial charge in [-0.15, -0.1) is 0 Å². The standard InChI is InChI=1S/C8H8O2.Pb.2H/c1-10-8-4-2-7(6-9)3-5-8;;;/h2-6H,1H3;;;. The third kappa shape index (κ3) is 3.01. The van der Waals surface area contributed by atoms with Crippen molar-refractivity contribution in [1.29, 1.82) is 0 Å². The number of methoxy groups -OCH3 is 1. The molecule has 0 unspecified atom stereocenters. The van der Waals surface area contributed by atoms with Crippen LogP contribution in [0.25, 0.3) is 0 Å². The summed E-state index contributed by atoms with van der Waals surface area (Å²) in [5, 5.41) is 0. The van der Waals surface area contributed by atoms with Gasteiger partial charge in [-0.2, -0.15) is 0 Å². The molecule has 0 aliphatic carbocycles. The van der Waals surface area contributed by atoms with Gasteiger partial charge in [0.25, 0.3) is 0 Å². The Labute approximate surface area is 85.7 Å². The summed E-state index contributed by atoms with van der Waals surface area (Å²) < 4.78 is 4.90. The van der Waals surface area contributed by atoms with Gasteiger partial charge in [0, 0.05) is 5.56 Å². The van der Waals surface area contributed by atoms with E-state index in [0.29, 0.717) is 5.56 Å². The Balaban J connectivity index is 0.000001000. The SMILES string of the molecule is COc1ccc(C=O)cc1.[PbH2]. The van der Waals surface area contributed by atoms with Crippen LogP contribution >= 0.6 is 0 Å².